The lowest BCUT2D eigenvalue weighted by molar-refractivity contribution is 0.213. The van der Waals surface area contributed by atoms with E-state index in [1.807, 2.05) is 24.3 Å². The molecule has 0 bridgehead atoms. The summed E-state index contributed by atoms with van der Waals surface area (Å²) in [6.07, 6.45) is 4.54. The topological polar surface area (TPSA) is 32.2 Å². The summed E-state index contributed by atoms with van der Waals surface area (Å²) >= 11 is 6.32. The van der Waals surface area contributed by atoms with Gasteiger partial charge in [0.25, 0.3) is 0 Å². The second kappa shape index (κ2) is 10.8. The molecule has 1 fully saturated rings. The molecule has 0 saturated carbocycles. The van der Waals surface area contributed by atoms with E-state index in [0.29, 0.717) is 12.0 Å². The lowest BCUT2D eigenvalue weighted by Gasteiger charge is -2.32. The smallest absolute Gasteiger partial charge is 0.123 e. The first-order valence-electron chi connectivity index (χ1n) is 11.7. The van der Waals surface area contributed by atoms with Crippen molar-refractivity contribution in [1.82, 2.24) is 20.1 Å². The number of likely N-dealkylation sites (tertiary alicyclic amines) is 1. The van der Waals surface area contributed by atoms with Crippen LogP contribution < -0.4 is 10.6 Å². The number of benzene rings is 2. The van der Waals surface area contributed by atoms with Gasteiger partial charge in [0.2, 0.25) is 0 Å². The molecule has 4 nitrogen and oxygen atoms in total. The summed E-state index contributed by atoms with van der Waals surface area (Å²) < 4.78 is 15.6. The summed E-state index contributed by atoms with van der Waals surface area (Å²) in [5.41, 5.74) is 3.42. The fourth-order valence-corrected chi connectivity index (χ4v) is 4.81. The molecule has 172 valence electrons. The largest absolute Gasteiger partial charge is 0.316 e. The van der Waals surface area contributed by atoms with Gasteiger partial charge in [-0.3, -0.25) is 0 Å². The molecule has 0 atom stereocenters. The van der Waals surface area contributed by atoms with Crippen molar-refractivity contribution in [2.24, 2.45) is 0 Å². The van der Waals surface area contributed by atoms with Crippen molar-refractivity contribution in [3.8, 4) is 5.69 Å². The van der Waals surface area contributed by atoms with Crippen LogP contribution in [0, 0.1) is 5.82 Å². The van der Waals surface area contributed by atoms with Crippen molar-refractivity contribution in [1.29, 1.82) is 0 Å². The minimum Gasteiger partial charge on any atom is -0.316 e. The second-order valence-corrected chi connectivity index (χ2v) is 9.50. The standard InChI is InChI=1S/C26H34ClFN4/c1-19(2)30-12-11-29-13-16-31-14-9-20(10-15-31)25-18-32(23-6-4-22(28)5-7-23)26-17-21(27)3-8-24(25)26/h3-8,17-20,29-30H,9-16H2,1-2H3. The normalized spacial score (nSPS) is 15.8. The van der Waals surface area contributed by atoms with Crippen molar-refractivity contribution in [2.75, 3.05) is 39.3 Å². The number of nitrogens with zero attached hydrogens (tertiary/aromatic N) is 2. The molecule has 1 aliphatic heterocycles. The van der Waals surface area contributed by atoms with Gasteiger partial charge >= 0.3 is 0 Å². The molecule has 0 aliphatic carbocycles. The molecular weight excluding hydrogens is 423 g/mol. The minimum atomic E-state index is -0.221. The highest BCUT2D eigenvalue weighted by atomic mass is 35.5. The van der Waals surface area contributed by atoms with Gasteiger partial charge < -0.3 is 20.1 Å². The van der Waals surface area contributed by atoms with Crippen molar-refractivity contribution in [3.05, 3.63) is 65.1 Å². The predicted octanol–water partition coefficient (Wildman–Crippen LogP) is 5.19. The van der Waals surface area contributed by atoms with Crippen molar-refractivity contribution in [2.45, 2.75) is 38.6 Å². The summed E-state index contributed by atoms with van der Waals surface area (Å²) in [6, 6.07) is 13.3. The van der Waals surface area contributed by atoms with Crippen LogP contribution in [0.3, 0.4) is 0 Å². The van der Waals surface area contributed by atoms with Gasteiger partial charge in [-0.15, -0.1) is 0 Å². The third-order valence-electron chi connectivity index (χ3n) is 6.39. The van der Waals surface area contributed by atoms with Gasteiger partial charge in [0.05, 0.1) is 5.52 Å². The maximum atomic E-state index is 13.5. The molecule has 2 heterocycles. The molecule has 2 N–H and O–H groups in total. The molecule has 0 unspecified atom stereocenters. The zero-order valence-corrected chi connectivity index (χ0v) is 19.8. The van der Waals surface area contributed by atoms with E-state index in [9.17, 15) is 4.39 Å². The molecule has 0 radical (unpaired) electrons. The Kier molecular flexibility index (Phi) is 7.84. The lowest BCUT2D eigenvalue weighted by Crippen LogP contribution is -2.39. The van der Waals surface area contributed by atoms with Crippen molar-refractivity contribution in [3.63, 3.8) is 0 Å². The summed E-state index contributed by atoms with van der Waals surface area (Å²) in [5, 5.41) is 8.94. The molecule has 3 aromatic rings. The average Bonchev–Trinajstić information content (AvgIpc) is 3.15. The first-order valence-corrected chi connectivity index (χ1v) is 12.1. The Labute approximate surface area is 195 Å². The molecule has 6 heteroatoms. The Morgan fingerprint density at radius 3 is 2.50 bits per heavy atom. The third kappa shape index (κ3) is 5.70. The SMILES string of the molecule is CC(C)NCCNCCN1CCC(c2cn(-c3ccc(F)cc3)c3cc(Cl)ccc23)CC1. The lowest BCUT2D eigenvalue weighted by atomic mass is 9.89. The minimum absolute atomic E-state index is 0.221. The number of hydrogen-bond acceptors (Lipinski definition) is 3. The highest BCUT2D eigenvalue weighted by molar-refractivity contribution is 6.31. The maximum absolute atomic E-state index is 13.5. The van der Waals surface area contributed by atoms with E-state index >= 15 is 0 Å². The molecule has 4 rings (SSSR count). The number of hydrogen-bond donors (Lipinski definition) is 2. The van der Waals surface area contributed by atoms with Gasteiger partial charge in [-0.25, -0.2) is 4.39 Å². The number of aromatic nitrogens is 1. The van der Waals surface area contributed by atoms with Crippen LogP contribution in [0.1, 0.15) is 38.2 Å². The Hall–Kier alpha value is -1.92. The van der Waals surface area contributed by atoms with Gasteiger partial charge in [0, 0.05) is 54.5 Å². The third-order valence-corrected chi connectivity index (χ3v) is 6.62. The van der Waals surface area contributed by atoms with E-state index in [0.717, 1.165) is 68.3 Å². The highest BCUT2D eigenvalue weighted by Gasteiger charge is 2.24. The van der Waals surface area contributed by atoms with Crippen LogP contribution in [0.5, 0.6) is 0 Å². The summed E-state index contributed by atoms with van der Waals surface area (Å²) in [4.78, 5) is 2.56. The second-order valence-electron chi connectivity index (χ2n) is 9.07. The monoisotopic (exact) mass is 456 g/mol. The molecule has 0 amide bonds. The highest BCUT2D eigenvalue weighted by Crippen LogP contribution is 2.36. The Morgan fingerprint density at radius 2 is 1.78 bits per heavy atom. The fourth-order valence-electron chi connectivity index (χ4n) is 4.65. The zero-order valence-electron chi connectivity index (χ0n) is 19.1. The summed E-state index contributed by atoms with van der Waals surface area (Å²) in [7, 11) is 0. The Morgan fingerprint density at radius 1 is 1.03 bits per heavy atom. The van der Waals surface area contributed by atoms with E-state index in [2.05, 4.69) is 46.2 Å². The molecule has 1 saturated heterocycles. The fraction of sp³-hybridized carbons (Fsp3) is 0.462. The van der Waals surface area contributed by atoms with Gasteiger partial charge in [-0.2, -0.15) is 0 Å². The van der Waals surface area contributed by atoms with E-state index in [1.54, 1.807) is 0 Å². The number of halogens is 2. The van der Waals surface area contributed by atoms with Crippen LogP contribution in [0.25, 0.3) is 16.6 Å². The zero-order chi connectivity index (χ0) is 22.5. The van der Waals surface area contributed by atoms with Crippen LogP contribution in [0.4, 0.5) is 4.39 Å². The van der Waals surface area contributed by atoms with Crippen LogP contribution in [0.15, 0.2) is 48.7 Å². The van der Waals surface area contributed by atoms with E-state index < -0.39 is 0 Å². The van der Waals surface area contributed by atoms with Crippen LogP contribution in [-0.2, 0) is 0 Å². The van der Waals surface area contributed by atoms with E-state index in [1.165, 1.54) is 23.1 Å². The Balaban J connectivity index is 1.40. The van der Waals surface area contributed by atoms with Crippen molar-refractivity contribution < 1.29 is 4.39 Å². The van der Waals surface area contributed by atoms with Gasteiger partial charge in [-0.1, -0.05) is 31.5 Å². The quantitative estimate of drug-likeness (QED) is 0.434. The van der Waals surface area contributed by atoms with Crippen LogP contribution >= 0.6 is 11.6 Å². The molecular formula is C26H34ClFN4. The van der Waals surface area contributed by atoms with Gasteiger partial charge in [0.1, 0.15) is 5.82 Å². The van der Waals surface area contributed by atoms with Gasteiger partial charge in [0.15, 0.2) is 0 Å². The molecule has 1 aromatic heterocycles. The molecule has 32 heavy (non-hydrogen) atoms. The van der Waals surface area contributed by atoms with E-state index in [4.69, 9.17) is 11.6 Å². The first kappa shape index (κ1) is 23.2. The number of piperidine rings is 1. The number of nitrogens with one attached hydrogen (secondary N) is 2. The predicted molar refractivity (Wildman–Crippen MR) is 133 cm³/mol. The van der Waals surface area contributed by atoms with Crippen LogP contribution in [0.2, 0.25) is 5.02 Å². The Bertz CT molecular complexity index is 1010. The van der Waals surface area contributed by atoms with Crippen molar-refractivity contribution >= 4 is 22.5 Å². The maximum Gasteiger partial charge on any atom is 0.123 e. The summed E-state index contributed by atoms with van der Waals surface area (Å²) in [6.45, 7) is 10.8. The number of fused-ring (bicyclic) bond motifs is 1. The van der Waals surface area contributed by atoms with E-state index in [-0.39, 0.29) is 5.82 Å². The molecule has 2 aromatic carbocycles. The molecule has 0 spiro atoms. The summed E-state index contributed by atoms with van der Waals surface area (Å²) in [5.74, 6) is 0.307. The van der Waals surface area contributed by atoms with Gasteiger partial charge in [-0.05, 0) is 73.8 Å². The molecule has 1 aliphatic rings. The first-order chi connectivity index (χ1) is 15.5. The number of rotatable bonds is 9. The van der Waals surface area contributed by atoms with Crippen LogP contribution in [-0.4, -0.2) is 54.8 Å². The average molecular weight is 457 g/mol.